The van der Waals surface area contributed by atoms with E-state index in [2.05, 4.69) is 15.6 Å². The molecule has 148 valence electrons. The molecule has 0 bridgehead atoms. The fraction of sp³-hybridized carbons (Fsp3) is 0.368. The lowest BCUT2D eigenvalue weighted by atomic mass is 10.1. The van der Waals surface area contributed by atoms with Crippen molar-refractivity contribution < 1.29 is 24.6 Å². The lowest BCUT2D eigenvalue weighted by molar-refractivity contribution is -0.135. The van der Waals surface area contributed by atoms with Gasteiger partial charge in [0.25, 0.3) is 0 Å². The van der Waals surface area contributed by atoms with Crippen molar-refractivity contribution in [2.75, 3.05) is 0 Å². The van der Waals surface area contributed by atoms with Crippen molar-refractivity contribution in [3.05, 3.63) is 23.8 Å². The van der Waals surface area contributed by atoms with Crippen molar-refractivity contribution in [3.8, 4) is 11.8 Å². The molecule has 0 saturated carbocycles. The zero-order valence-electron chi connectivity index (χ0n) is 15.8. The predicted molar refractivity (Wildman–Crippen MR) is 103 cm³/mol. The molecule has 9 nitrogen and oxygen atoms in total. The number of urea groups is 1. The van der Waals surface area contributed by atoms with Crippen LogP contribution < -0.4 is 10.6 Å². The number of piperidine rings is 1. The summed E-state index contributed by atoms with van der Waals surface area (Å²) in [7, 11) is 0. The fourth-order valence-electron chi connectivity index (χ4n) is 3.17. The topological polar surface area (TPSA) is 133 Å². The van der Waals surface area contributed by atoms with Gasteiger partial charge in [0.2, 0.25) is 23.6 Å². The van der Waals surface area contributed by atoms with Gasteiger partial charge in [0.05, 0.1) is 5.39 Å². The molecule has 4 amide bonds. The molecule has 2 heterocycles. The standard InChI is InChI=1S/C19H22N4O5/c1-19(2,3)22-18(28)20-9-10-5-4-6-11-14(10)17(27)23(16(11)26)12-7-8-13(24)21-15(12)25/h4-6,9,12,26-27H,7-8H2,1-3H3,(H,22,28)(H,21,24,25)/t12-/m1/s1. The van der Waals surface area contributed by atoms with Crippen molar-refractivity contribution in [2.45, 2.75) is 45.2 Å². The van der Waals surface area contributed by atoms with E-state index < -0.39 is 29.4 Å². The Labute approximate surface area is 161 Å². The van der Waals surface area contributed by atoms with Gasteiger partial charge in [-0.05, 0) is 33.3 Å². The second-order valence-electron chi connectivity index (χ2n) is 7.69. The average Bonchev–Trinajstić information content (AvgIpc) is 2.84. The number of carbonyl (C=O) groups is 3. The van der Waals surface area contributed by atoms with E-state index in [1.165, 1.54) is 6.21 Å². The number of aromatic nitrogens is 1. The van der Waals surface area contributed by atoms with Crippen LogP contribution in [-0.4, -0.2) is 44.4 Å². The van der Waals surface area contributed by atoms with Crippen LogP contribution in [0.2, 0.25) is 0 Å². The lowest BCUT2D eigenvalue weighted by Gasteiger charge is -2.23. The predicted octanol–water partition coefficient (Wildman–Crippen LogP) is 1.96. The van der Waals surface area contributed by atoms with Crippen molar-refractivity contribution >= 4 is 34.8 Å². The van der Waals surface area contributed by atoms with E-state index >= 15 is 0 Å². The van der Waals surface area contributed by atoms with E-state index in [0.29, 0.717) is 10.9 Å². The fourth-order valence-corrected chi connectivity index (χ4v) is 3.17. The highest BCUT2D eigenvalue weighted by molar-refractivity contribution is 6.08. The summed E-state index contributed by atoms with van der Waals surface area (Å²) in [6.45, 7) is 5.47. The van der Waals surface area contributed by atoms with Crippen LogP contribution in [0, 0.1) is 0 Å². The first-order valence-corrected chi connectivity index (χ1v) is 8.83. The number of benzene rings is 1. The lowest BCUT2D eigenvalue weighted by Crippen LogP contribution is -2.41. The van der Waals surface area contributed by atoms with E-state index in [1.54, 1.807) is 18.2 Å². The van der Waals surface area contributed by atoms with Gasteiger partial charge in [-0.1, -0.05) is 12.1 Å². The van der Waals surface area contributed by atoms with Crippen molar-refractivity contribution in [2.24, 2.45) is 4.99 Å². The summed E-state index contributed by atoms with van der Waals surface area (Å²) >= 11 is 0. The molecule has 0 unspecified atom stereocenters. The minimum absolute atomic E-state index is 0.102. The quantitative estimate of drug-likeness (QED) is 0.462. The third-order valence-electron chi connectivity index (χ3n) is 4.34. The van der Waals surface area contributed by atoms with Crippen LogP contribution in [0.15, 0.2) is 23.2 Å². The third-order valence-corrected chi connectivity index (χ3v) is 4.34. The second-order valence-corrected chi connectivity index (χ2v) is 7.69. The van der Waals surface area contributed by atoms with Crippen LogP contribution in [-0.2, 0) is 9.59 Å². The number of nitrogens with one attached hydrogen (secondary N) is 2. The van der Waals surface area contributed by atoms with Crippen LogP contribution in [0.25, 0.3) is 10.8 Å². The maximum absolute atomic E-state index is 12.2. The van der Waals surface area contributed by atoms with Gasteiger partial charge < -0.3 is 15.5 Å². The van der Waals surface area contributed by atoms with E-state index in [-0.39, 0.29) is 30.0 Å². The van der Waals surface area contributed by atoms with Crippen LogP contribution in [0.3, 0.4) is 0 Å². The molecule has 1 aromatic heterocycles. The summed E-state index contributed by atoms with van der Waals surface area (Å²) in [6.07, 6.45) is 1.55. The first-order valence-electron chi connectivity index (χ1n) is 8.83. The normalized spacial score (nSPS) is 17.9. The van der Waals surface area contributed by atoms with E-state index in [4.69, 9.17) is 0 Å². The molecule has 1 aliphatic rings. The Morgan fingerprint density at radius 1 is 1.29 bits per heavy atom. The highest BCUT2D eigenvalue weighted by Gasteiger charge is 2.33. The molecule has 28 heavy (non-hydrogen) atoms. The molecule has 1 fully saturated rings. The molecular formula is C19H22N4O5. The number of aliphatic imine (C=N–C) groups is 1. The summed E-state index contributed by atoms with van der Waals surface area (Å²) in [5, 5.41) is 26.8. The zero-order valence-corrected chi connectivity index (χ0v) is 15.8. The molecular weight excluding hydrogens is 364 g/mol. The van der Waals surface area contributed by atoms with Crippen LogP contribution in [0.5, 0.6) is 11.8 Å². The Balaban J connectivity index is 2.02. The maximum atomic E-state index is 12.2. The number of hydrogen-bond acceptors (Lipinski definition) is 5. The van der Waals surface area contributed by atoms with Gasteiger partial charge in [-0.25, -0.2) is 9.79 Å². The summed E-state index contributed by atoms with van der Waals surface area (Å²) in [5.74, 6) is -1.62. The number of rotatable bonds is 2. The number of imide groups is 1. The highest BCUT2D eigenvalue weighted by Crippen LogP contribution is 2.41. The number of carbonyl (C=O) groups excluding carboxylic acids is 3. The number of hydrogen-bond donors (Lipinski definition) is 4. The van der Waals surface area contributed by atoms with Crippen LogP contribution in [0.1, 0.15) is 45.2 Å². The molecule has 4 N–H and O–H groups in total. The van der Waals surface area contributed by atoms with Gasteiger partial charge in [0, 0.05) is 29.1 Å². The molecule has 9 heteroatoms. The van der Waals surface area contributed by atoms with E-state index in [1.807, 2.05) is 20.8 Å². The van der Waals surface area contributed by atoms with Gasteiger partial charge in [-0.15, -0.1) is 0 Å². The minimum Gasteiger partial charge on any atom is -0.494 e. The van der Waals surface area contributed by atoms with Gasteiger partial charge in [0.1, 0.15) is 6.04 Å². The van der Waals surface area contributed by atoms with Gasteiger partial charge >= 0.3 is 6.03 Å². The molecule has 3 rings (SSSR count). The number of aromatic hydroxyl groups is 2. The Kier molecular flexibility index (Phi) is 4.84. The summed E-state index contributed by atoms with van der Waals surface area (Å²) in [6, 6.07) is 3.39. The first-order chi connectivity index (χ1) is 13.1. The number of amides is 4. The van der Waals surface area contributed by atoms with E-state index in [0.717, 1.165) is 4.57 Å². The molecule has 0 radical (unpaired) electrons. The van der Waals surface area contributed by atoms with E-state index in [9.17, 15) is 24.6 Å². The van der Waals surface area contributed by atoms with Crippen molar-refractivity contribution in [1.82, 2.24) is 15.2 Å². The van der Waals surface area contributed by atoms with Crippen LogP contribution in [0.4, 0.5) is 4.79 Å². The second kappa shape index (κ2) is 6.99. The SMILES string of the molecule is CC(C)(C)NC(=O)N=Cc1cccc2c(O)n([C@@H]3CCC(=O)NC3=O)c(O)c12. The molecule has 1 atom stereocenters. The Hall–Kier alpha value is -3.36. The molecule has 1 saturated heterocycles. The molecule has 0 spiro atoms. The summed E-state index contributed by atoms with van der Waals surface area (Å²) in [4.78, 5) is 39.3. The van der Waals surface area contributed by atoms with Gasteiger partial charge in [0.15, 0.2) is 0 Å². The Bertz CT molecular complexity index is 1000. The smallest absolute Gasteiger partial charge is 0.341 e. The maximum Gasteiger partial charge on any atom is 0.341 e. The van der Waals surface area contributed by atoms with Gasteiger partial charge in [-0.2, -0.15) is 0 Å². The Morgan fingerprint density at radius 2 is 2.00 bits per heavy atom. The van der Waals surface area contributed by atoms with Gasteiger partial charge in [-0.3, -0.25) is 19.5 Å². The first kappa shape index (κ1) is 19.4. The largest absolute Gasteiger partial charge is 0.494 e. The summed E-state index contributed by atoms with van der Waals surface area (Å²) < 4.78 is 1.10. The molecule has 2 aromatic rings. The molecule has 0 aliphatic carbocycles. The number of nitrogens with zero attached hydrogens (tertiary/aromatic N) is 2. The Morgan fingerprint density at radius 3 is 2.64 bits per heavy atom. The average molecular weight is 386 g/mol. The van der Waals surface area contributed by atoms with Crippen molar-refractivity contribution in [3.63, 3.8) is 0 Å². The van der Waals surface area contributed by atoms with Crippen molar-refractivity contribution in [1.29, 1.82) is 0 Å². The third kappa shape index (κ3) is 3.68. The highest BCUT2D eigenvalue weighted by atomic mass is 16.3. The summed E-state index contributed by atoms with van der Waals surface area (Å²) in [5.41, 5.74) is -0.0453. The minimum atomic E-state index is -0.918. The molecule has 1 aliphatic heterocycles. The zero-order chi connectivity index (χ0) is 20.6. The number of fused-ring (bicyclic) bond motifs is 1. The van der Waals surface area contributed by atoms with Crippen LogP contribution >= 0.6 is 0 Å². The monoisotopic (exact) mass is 386 g/mol. The molecule has 1 aromatic carbocycles.